The molecule has 0 saturated heterocycles. The quantitative estimate of drug-likeness (QED) is 0.417. The molecule has 0 spiro atoms. The average molecular weight is 314 g/mol. The Labute approximate surface area is 131 Å². The number of rotatable bonds is 9. The largest absolute Gasteiger partial charge is 0.480 e. The summed E-state index contributed by atoms with van der Waals surface area (Å²) in [4.78, 5) is 14.8. The highest BCUT2D eigenvalue weighted by molar-refractivity contribution is 7.84. The molecule has 2 unspecified atom stereocenters. The highest BCUT2D eigenvalue weighted by Crippen LogP contribution is 2.29. The molecule has 0 aliphatic rings. The van der Waals surface area contributed by atoms with E-state index in [0.717, 1.165) is 31.4 Å². The van der Waals surface area contributed by atoms with E-state index in [4.69, 9.17) is 10.8 Å². The minimum absolute atomic E-state index is 0.0146. The number of nitrogens with two attached hydrogens (primary N) is 1. The molecule has 0 aliphatic heterocycles. The summed E-state index contributed by atoms with van der Waals surface area (Å²) < 4.78 is 0. The van der Waals surface area contributed by atoms with E-state index < -0.39 is 12.0 Å². The Hall–Kier alpha value is -0.720. The fourth-order valence-corrected chi connectivity index (χ4v) is 2.56. The van der Waals surface area contributed by atoms with Crippen molar-refractivity contribution in [1.29, 1.82) is 0 Å². The van der Waals surface area contributed by atoms with Gasteiger partial charge < -0.3 is 10.8 Å². The Morgan fingerprint density at radius 1 is 1.25 bits per heavy atom. The molecule has 1 aromatic heterocycles. The van der Waals surface area contributed by atoms with Gasteiger partial charge in [0.2, 0.25) is 0 Å². The van der Waals surface area contributed by atoms with Crippen molar-refractivity contribution in [3.8, 4) is 0 Å². The van der Waals surface area contributed by atoms with E-state index in [0.29, 0.717) is 6.42 Å². The number of hydrogen-bond acceptors (Lipinski definition) is 5. The summed E-state index contributed by atoms with van der Waals surface area (Å²) in [6.07, 6.45) is 5.99. The van der Waals surface area contributed by atoms with Crippen molar-refractivity contribution in [2.75, 3.05) is 0 Å². The molecule has 1 rings (SSSR count). The Morgan fingerprint density at radius 3 is 2.55 bits per heavy atom. The van der Waals surface area contributed by atoms with E-state index in [1.165, 1.54) is 0 Å². The molecule has 0 aromatic carbocycles. The topological polar surface area (TPSA) is 76.2 Å². The standard InChI is InChI=1S/C14H22N2O2S2/c15-10(14(17)18)6-2-1-3-8-12(19)13(20)11-7-4-5-9-16-11/h4-5,7,9-10,12-13,19-20H,1-3,6,8,15H2,(H,17,18)/t10?,12?,13-/m0/s1. The number of aliphatic carboxylic acids is 1. The fourth-order valence-electron chi connectivity index (χ4n) is 1.92. The predicted molar refractivity (Wildman–Crippen MR) is 87.4 cm³/mol. The second-order valence-corrected chi connectivity index (χ2v) is 6.07. The Balaban J connectivity index is 2.20. The molecule has 112 valence electrons. The molecule has 1 heterocycles. The van der Waals surface area contributed by atoms with Gasteiger partial charge in [-0.25, -0.2) is 0 Å². The minimum Gasteiger partial charge on any atom is -0.480 e. The van der Waals surface area contributed by atoms with Gasteiger partial charge in [0.25, 0.3) is 0 Å². The van der Waals surface area contributed by atoms with E-state index in [9.17, 15) is 4.79 Å². The average Bonchev–Trinajstić information content (AvgIpc) is 2.46. The van der Waals surface area contributed by atoms with E-state index in [1.54, 1.807) is 6.20 Å². The number of thiol groups is 2. The van der Waals surface area contributed by atoms with Crippen LogP contribution in [-0.4, -0.2) is 27.4 Å². The molecule has 0 radical (unpaired) electrons. The number of unbranched alkanes of at least 4 members (excludes halogenated alkanes) is 2. The zero-order valence-corrected chi connectivity index (χ0v) is 13.1. The molecule has 6 heteroatoms. The van der Waals surface area contributed by atoms with Crippen molar-refractivity contribution >= 4 is 31.2 Å². The summed E-state index contributed by atoms with van der Waals surface area (Å²) in [6.45, 7) is 0. The van der Waals surface area contributed by atoms with Crippen LogP contribution in [0.1, 0.15) is 43.0 Å². The first-order valence-corrected chi connectivity index (χ1v) is 7.81. The predicted octanol–water partition coefficient (Wildman–Crippen LogP) is 2.71. The van der Waals surface area contributed by atoms with Gasteiger partial charge in [0.05, 0.1) is 10.9 Å². The van der Waals surface area contributed by atoms with Gasteiger partial charge in [-0.3, -0.25) is 9.78 Å². The maximum Gasteiger partial charge on any atom is 0.320 e. The summed E-state index contributed by atoms with van der Waals surface area (Å²) in [5.41, 5.74) is 6.38. The molecule has 3 N–H and O–H groups in total. The van der Waals surface area contributed by atoms with E-state index >= 15 is 0 Å². The van der Waals surface area contributed by atoms with Crippen LogP contribution in [0.4, 0.5) is 0 Å². The van der Waals surface area contributed by atoms with Gasteiger partial charge in [-0.2, -0.15) is 25.3 Å². The van der Waals surface area contributed by atoms with E-state index in [1.807, 2.05) is 18.2 Å². The molecule has 3 atom stereocenters. The van der Waals surface area contributed by atoms with Gasteiger partial charge >= 0.3 is 5.97 Å². The van der Waals surface area contributed by atoms with Crippen molar-refractivity contribution in [3.05, 3.63) is 30.1 Å². The molecular weight excluding hydrogens is 292 g/mol. The summed E-state index contributed by atoms with van der Waals surface area (Å²) >= 11 is 9.14. The number of pyridine rings is 1. The minimum atomic E-state index is -0.928. The third kappa shape index (κ3) is 6.15. The van der Waals surface area contributed by atoms with Crippen LogP contribution in [0.3, 0.4) is 0 Å². The van der Waals surface area contributed by atoms with Gasteiger partial charge in [0.1, 0.15) is 6.04 Å². The van der Waals surface area contributed by atoms with Crippen LogP contribution < -0.4 is 5.73 Å². The summed E-state index contributed by atoms with van der Waals surface area (Å²) in [6, 6.07) is 5.03. The van der Waals surface area contributed by atoms with Crippen LogP contribution >= 0.6 is 25.3 Å². The lowest BCUT2D eigenvalue weighted by Crippen LogP contribution is -2.29. The SMILES string of the molecule is NC(CCCCCC(S)[C@@H](S)c1ccccn1)C(=O)O. The number of nitrogens with zero attached hydrogens (tertiary/aromatic N) is 1. The summed E-state index contributed by atoms with van der Waals surface area (Å²) in [5, 5.41) is 8.83. The van der Waals surface area contributed by atoms with Gasteiger partial charge in [0, 0.05) is 11.4 Å². The first-order chi connectivity index (χ1) is 9.52. The van der Waals surface area contributed by atoms with Gasteiger partial charge in [-0.15, -0.1) is 0 Å². The highest BCUT2D eigenvalue weighted by Gasteiger charge is 2.17. The van der Waals surface area contributed by atoms with Crippen LogP contribution in [0.25, 0.3) is 0 Å². The third-order valence-electron chi connectivity index (χ3n) is 3.19. The van der Waals surface area contributed by atoms with Crippen LogP contribution in [0.2, 0.25) is 0 Å². The molecule has 1 aromatic rings. The van der Waals surface area contributed by atoms with Gasteiger partial charge in [0.15, 0.2) is 0 Å². The number of hydrogen-bond donors (Lipinski definition) is 4. The van der Waals surface area contributed by atoms with Crippen molar-refractivity contribution in [1.82, 2.24) is 4.98 Å². The molecule has 0 fully saturated rings. The highest BCUT2D eigenvalue weighted by atomic mass is 32.1. The molecule has 0 amide bonds. The van der Waals surface area contributed by atoms with Gasteiger partial charge in [-0.1, -0.05) is 25.3 Å². The van der Waals surface area contributed by atoms with Crippen LogP contribution in [0.15, 0.2) is 24.4 Å². The first kappa shape index (κ1) is 17.3. The van der Waals surface area contributed by atoms with Crippen molar-refractivity contribution in [2.24, 2.45) is 5.73 Å². The normalized spacial score (nSPS) is 15.6. The Bertz CT molecular complexity index is 403. The number of carboxylic acids is 1. The molecule has 20 heavy (non-hydrogen) atoms. The fraction of sp³-hybridized carbons (Fsp3) is 0.571. The molecule has 4 nitrogen and oxygen atoms in total. The lowest BCUT2D eigenvalue weighted by Gasteiger charge is -2.17. The second-order valence-electron chi connectivity index (χ2n) is 4.85. The zero-order chi connectivity index (χ0) is 15.0. The van der Waals surface area contributed by atoms with Crippen LogP contribution in [0, 0.1) is 0 Å². The summed E-state index contributed by atoms with van der Waals surface area (Å²) in [7, 11) is 0. The monoisotopic (exact) mass is 314 g/mol. The maximum atomic E-state index is 10.6. The Kier molecular flexibility index (Phi) is 8.02. The first-order valence-electron chi connectivity index (χ1n) is 6.78. The molecule has 0 bridgehead atoms. The van der Waals surface area contributed by atoms with Crippen molar-refractivity contribution < 1.29 is 9.90 Å². The number of carboxylic acid groups (broad SMARTS) is 1. The third-order valence-corrected chi connectivity index (χ3v) is 4.60. The van der Waals surface area contributed by atoms with E-state index in [-0.39, 0.29) is 10.5 Å². The molecule has 0 saturated carbocycles. The van der Waals surface area contributed by atoms with Crippen molar-refractivity contribution in [2.45, 2.75) is 48.6 Å². The lowest BCUT2D eigenvalue weighted by molar-refractivity contribution is -0.138. The molecular formula is C14H22N2O2S2. The number of aromatic nitrogens is 1. The maximum absolute atomic E-state index is 10.6. The van der Waals surface area contributed by atoms with Crippen LogP contribution in [-0.2, 0) is 4.79 Å². The smallest absolute Gasteiger partial charge is 0.320 e. The Morgan fingerprint density at radius 2 is 1.95 bits per heavy atom. The summed E-state index contributed by atoms with van der Waals surface area (Å²) in [5.74, 6) is -0.928. The number of carbonyl (C=O) groups is 1. The van der Waals surface area contributed by atoms with E-state index in [2.05, 4.69) is 30.2 Å². The molecule has 0 aliphatic carbocycles. The van der Waals surface area contributed by atoms with Gasteiger partial charge in [-0.05, 0) is 25.0 Å². The van der Waals surface area contributed by atoms with Crippen LogP contribution in [0.5, 0.6) is 0 Å². The second kappa shape index (κ2) is 9.26. The zero-order valence-electron chi connectivity index (χ0n) is 11.4. The lowest BCUT2D eigenvalue weighted by atomic mass is 10.0. The van der Waals surface area contributed by atoms with Crippen molar-refractivity contribution in [3.63, 3.8) is 0 Å².